The molecule has 25 heavy (non-hydrogen) atoms. The summed E-state index contributed by atoms with van der Waals surface area (Å²) in [7, 11) is 0. The molecule has 0 aromatic carbocycles. The highest BCUT2D eigenvalue weighted by Gasteiger charge is 2.42. The predicted octanol–water partition coefficient (Wildman–Crippen LogP) is 4.12. The second kappa shape index (κ2) is 10.2. The van der Waals surface area contributed by atoms with Crippen molar-refractivity contribution < 1.29 is 18.0 Å². The summed E-state index contributed by atoms with van der Waals surface area (Å²) in [5.74, 6) is -0.975. The topological polar surface area (TPSA) is 35.6 Å². The number of amides is 2. The average Bonchev–Trinajstić information content (AvgIpc) is 2.53. The number of nitrogens with zero attached hydrogens (tertiary/aromatic N) is 2. The van der Waals surface area contributed by atoms with Crippen LogP contribution in [0, 0.1) is 11.8 Å². The number of alkyl halides is 3. The van der Waals surface area contributed by atoms with Gasteiger partial charge in [-0.15, -0.1) is 0 Å². The van der Waals surface area contributed by atoms with Crippen molar-refractivity contribution in [2.45, 2.75) is 65.6 Å². The van der Waals surface area contributed by atoms with E-state index >= 15 is 0 Å². The van der Waals surface area contributed by atoms with Crippen molar-refractivity contribution in [2.75, 3.05) is 32.7 Å². The number of rotatable bonds is 8. The van der Waals surface area contributed by atoms with E-state index in [1.807, 2.05) is 13.8 Å². The van der Waals surface area contributed by atoms with E-state index in [4.69, 9.17) is 0 Å². The Morgan fingerprint density at radius 2 is 1.80 bits per heavy atom. The summed E-state index contributed by atoms with van der Waals surface area (Å²) in [6.45, 7) is 12.1. The van der Waals surface area contributed by atoms with Crippen molar-refractivity contribution in [1.82, 2.24) is 15.1 Å². The molecule has 2 amide bonds. The van der Waals surface area contributed by atoms with Crippen molar-refractivity contribution in [2.24, 2.45) is 11.8 Å². The molecule has 7 heteroatoms. The van der Waals surface area contributed by atoms with Crippen molar-refractivity contribution >= 4 is 6.03 Å². The standard InChI is InChI=1S/C18H34F3N3O/c1-5-23(6-2)10-11-24(13-14(3)4)17(25)22-16-9-7-8-15(12-16)18(19,20)21/h14-16H,5-13H2,1-4H3,(H,22,25). The van der Waals surface area contributed by atoms with Gasteiger partial charge in [0, 0.05) is 25.7 Å². The number of likely N-dealkylation sites (N-methyl/N-ethyl adjacent to an activating group) is 1. The Bertz CT molecular complexity index is 398. The molecule has 2 unspecified atom stereocenters. The smallest absolute Gasteiger partial charge is 0.335 e. The third-order valence-electron chi connectivity index (χ3n) is 4.92. The van der Waals surface area contributed by atoms with Gasteiger partial charge in [0.1, 0.15) is 0 Å². The number of carbonyl (C=O) groups is 1. The van der Waals surface area contributed by atoms with Crippen LogP contribution in [0.1, 0.15) is 53.4 Å². The lowest BCUT2D eigenvalue weighted by Crippen LogP contribution is -2.50. The van der Waals surface area contributed by atoms with Gasteiger partial charge in [-0.1, -0.05) is 34.1 Å². The molecule has 4 nitrogen and oxygen atoms in total. The van der Waals surface area contributed by atoms with Crippen LogP contribution in [0.2, 0.25) is 0 Å². The maximum Gasteiger partial charge on any atom is 0.391 e. The van der Waals surface area contributed by atoms with E-state index in [-0.39, 0.29) is 24.9 Å². The molecule has 1 aliphatic rings. The highest BCUT2D eigenvalue weighted by Crippen LogP contribution is 2.37. The van der Waals surface area contributed by atoms with Crippen LogP contribution in [0.25, 0.3) is 0 Å². The first-order chi connectivity index (χ1) is 11.7. The summed E-state index contributed by atoms with van der Waals surface area (Å²) in [6, 6.07) is -0.607. The van der Waals surface area contributed by atoms with E-state index in [9.17, 15) is 18.0 Å². The van der Waals surface area contributed by atoms with Crippen LogP contribution in [0.5, 0.6) is 0 Å². The Balaban J connectivity index is 2.61. The van der Waals surface area contributed by atoms with Crippen LogP contribution >= 0.6 is 0 Å². The molecule has 0 aromatic rings. The van der Waals surface area contributed by atoms with Crippen LogP contribution in [0.4, 0.5) is 18.0 Å². The highest BCUT2D eigenvalue weighted by atomic mass is 19.4. The molecule has 0 radical (unpaired) electrons. The van der Waals surface area contributed by atoms with E-state index in [1.54, 1.807) is 4.90 Å². The number of carbonyl (C=O) groups excluding carboxylic acids is 1. The summed E-state index contributed by atoms with van der Waals surface area (Å²) < 4.78 is 38.8. The Kier molecular flexibility index (Phi) is 9.03. The van der Waals surface area contributed by atoms with Crippen LogP contribution < -0.4 is 5.32 Å². The Hall–Kier alpha value is -0.980. The third-order valence-corrected chi connectivity index (χ3v) is 4.92. The minimum atomic E-state index is -4.16. The highest BCUT2D eigenvalue weighted by molar-refractivity contribution is 5.74. The van der Waals surface area contributed by atoms with E-state index in [1.165, 1.54) is 0 Å². The second-order valence-corrected chi connectivity index (χ2v) is 7.42. The summed E-state index contributed by atoms with van der Waals surface area (Å²) >= 11 is 0. The summed E-state index contributed by atoms with van der Waals surface area (Å²) in [6.07, 6.45) is -2.85. The zero-order chi connectivity index (χ0) is 19.0. The quantitative estimate of drug-likeness (QED) is 0.702. The fraction of sp³-hybridized carbons (Fsp3) is 0.944. The van der Waals surface area contributed by atoms with E-state index < -0.39 is 12.1 Å². The molecule has 1 rings (SSSR count). The molecular weight excluding hydrogens is 331 g/mol. The minimum absolute atomic E-state index is 0.000797. The van der Waals surface area contributed by atoms with Crippen molar-refractivity contribution in [3.8, 4) is 0 Å². The van der Waals surface area contributed by atoms with E-state index in [2.05, 4.69) is 24.1 Å². The monoisotopic (exact) mass is 365 g/mol. The fourth-order valence-corrected chi connectivity index (χ4v) is 3.40. The van der Waals surface area contributed by atoms with Gasteiger partial charge in [0.25, 0.3) is 0 Å². The molecule has 0 spiro atoms. The first kappa shape index (κ1) is 22.1. The Morgan fingerprint density at radius 3 is 2.32 bits per heavy atom. The molecule has 0 heterocycles. The van der Waals surface area contributed by atoms with E-state index in [0.717, 1.165) is 19.6 Å². The molecule has 2 atom stereocenters. The van der Waals surface area contributed by atoms with Gasteiger partial charge < -0.3 is 15.1 Å². The van der Waals surface area contributed by atoms with Gasteiger partial charge in [-0.25, -0.2) is 4.79 Å². The molecule has 148 valence electrons. The van der Waals surface area contributed by atoms with Gasteiger partial charge in [-0.05, 0) is 38.3 Å². The molecule has 1 N–H and O–H groups in total. The van der Waals surface area contributed by atoms with Crippen molar-refractivity contribution in [1.29, 1.82) is 0 Å². The van der Waals surface area contributed by atoms with E-state index in [0.29, 0.717) is 31.8 Å². The van der Waals surface area contributed by atoms with Crippen molar-refractivity contribution in [3.63, 3.8) is 0 Å². The largest absolute Gasteiger partial charge is 0.391 e. The number of urea groups is 1. The van der Waals surface area contributed by atoms with Gasteiger partial charge in [-0.3, -0.25) is 0 Å². The molecule has 1 fully saturated rings. The number of hydrogen-bond acceptors (Lipinski definition) is 2. The van der Waals surface area contributed by atoms with Gasteiger partial charge in [0.05, 0.1) is 5.92 Å². The van der Waals surface area contributed by atoms with Crippen LogP contribution in [0.3, 0.4) is 0 Å². The molecule has 0 bridgehead atoms. The van der Waals surface area contributed by atoms with Gasteiger partial charge in [0.15, 0.2) is 0 Å². The fourth-order valence-electron chi connectivity index (χ4n) is 3.40. The maximum atomic E-state index is 12.9. The second-order valence-electron chi connectivity index (χ2n) is 7.42. The number of nitrogens with one attached hydrogen (secondary N) is 1. The molecule has 1 aliphatic carbocycles. The molecule has 0 aliphatic heterocycles. The molecule has 1 saturated carbocycles. The molecular formula is C18H34F3N3O. The van der Waals surface area contributed by atoms with Gasteiger partial charge in [-0.2, -0.15) is 13.2 Å². The van der Waals surface area contributed by atoms with Crippen LogP contribution in [0.15, 0.2) is 0 Å². The van der Waals surface area contributed by atoms with Gasteiger partial charge >= 0.3 is 12.2 Å². The summed E-state index contributed by atoms with van der Waals surface area (Å²) in [5, 5.41) is 2.85. The number of hydrogen-bond donors (Lipinski definition) is 1. The summed E-state index contributed by atoms with van der Waals surface area (Å²) in [5.41, 5.74) is 0. The average molecular weight is 365 g/mol. The third kappa shape index (κ3) is 7.84. The Morgan fingerprint density at radius 1 is 1.16 bits per heavy atom. The Labute approximate surface area is 150 Å². The summed E-state index contributed by atoms with van der Waals surface area (Å²) in [4.78, 5) is 16.6. The molecule has 0 saturated heterocycles. The normalized spacial score (nSPS) is 21.6. The van der Waals surface area contributed by atoms with Crippen LogP contribution in [-0.2, 0) is 0 Å². The van der Waals surface area contributed by atoms with Crippen molar-refractivity contribution in [3.05, 3.63) is 0 Å². The zero-order valence-electron chi connectivity index (χ0n) is 16.0. The minimum Gasteiger partial charge on any atom is -0.335 e. The predicted molar refractivity (Wildman–Crippen MR) is 94.5 cm³/mol. The number of halogens is 3. The SMILES string of the molecule is CCN(CC)CCN(CC(C)C)C(=O)NC1CCCC(C(F)(F)F)C1. The first-order valence-electron chi connectivity index (χ1n) is 9.51. The maximum absolute atomic E-state index is 12.9. The first-order valence-corrected chi connectivity index (χ1v) is 9.51. The molecule has 0 aromatic heterocycles. The lowest BCUT2D eigenvalue weighted by Gasteiger charge is -2.34. The lowest BCUT2D eigenvalue weighted by atomic mass is 9.85. The van der Waals surface area contributed by atoms with Gasteiger partial charge in [0.2, 0.25) is 0 Å². The lowest BCUT2D eigenvalue weighted by molar-refractivity contribution is -0.183. The zero-order valence-corrected chi connectivity index (χ0v) is 16.0. The van der Waals surface area contributed by atoms with Crippen LogP contribution in [-0.4, -0.2) is 60.8 Å².